The Hall–Kier alpha value is -1.73. The topological polar surface area (TPSA) is 65.3 Å². The molecule has 1 aromatic heterocycles. The molecule has 2 aromatic rings. The molecular formula is C11H5BrClFN2O3. The van der Waals surface area contributed by atoms with Crippen molar-refractivity contribution in [2.75, 3.05) is 0 Å². The third-order valence-electron chi connectivity index (χ3n) is 2.10. The molecule has 0 bridgehead atoms. The molecule has 0 aliphatic carbocycles. The Balaban J connectivity index is 2.40. The van der Waals surface area contributed by atoms with Crippen LogP contribution in [0.1, 0.15) is 0 Å². The average molecular weight is 348 g/mol. The third kappa shape index (κ3) is 3.18. The van der Waals surface area contributed by atoms with E-state index in [0.29, 0.717) is 4.47 Å². The maximum atomic E-state index is 12.9. The van der Waals surface area contributed by atoms with Crippen molar-refractivity contribution < 1.29 is 14.1 Å². The zero-order valence-electron chi connectivity index (χ0n) is 9.14. The van der Waals surface area contributed by atoms with Crippen LogP contribution in [-0.4, -0.2) is 9.91 Å². The van der Waals surface area contributed by atoms with Crippen LogP contribution in [0.4, 0.5) is 10.1 Å². The van der Waals surface area contributed by atoms with Gasteiger partial charge in [-0.1, -0.05) is 11.6 Å². The monoisotopic (exact) mass is 346 g/mol. The van der Waals surface area contributed by atoms with Gasteiger partial charge in [0.15, 0.2) is 0 Å². The number of rotatable bonds is 3. The summed E-state index contributed by atoms with van der Waals surface area (Å²) in [5.74, 6) is -0.473. The molecule has 0 amide bonds. The van der Waals surface area contributed by atoms with E-state index in [1.165, 1.54) is 24.4 Å². The Morgan fingerprint density at radius 1 is 1.42 bits per heavy atom. The first-order valence-corrected chi connectivity index (χ1v) is 6.07. The first-order valence-electron chi connectivity index (χ1n) is 4.90. The quantitative estimate of drug-likeness (QED) is 0.612. The lowest BCUT2D eigenvalue weighted by Gasteiger charge is -2.07. The van der Waals surface area contributed by atoms with Crippen LogP contribution in [-0.2, 0) is 0 Å². The van der Waals surface area contributed by atoms with Gasteiger partial charge in [0, 0.05) is 6.07 Å². The minimum absolute atomic E-state index is 0.122. The molecule has 0 saturated heterocycles. The normalized spacial score (nSPS) is 10.3. The van der Waals surface area contributed by atoms with E-state index in [-0.39, 0.29) is 22.3 Å². The number of hydrogen-bond donors (Lipinski definition) is 0. The van der Waals surface area contributed by atoms with Crippen molar-refractivity contribution in [3.05, 3.63) is 55.9 Å². The number of pyridine rings is 1. The summed E-state index contributed by atoms with van der Waals surface area (Å²) >= 11 is 8.73. The molecule has 0 aliphatic rings. The second-order valence-corrected chi connectivity index (χ2v) is 4.70. The first kappa shape index (κ1) is 13.7. The Morgan fingerprint density at radius 2 is 2.16 bits per heavy atom. The summed E-state index contributed by atoms with van der Waals surface area (Å²) < 4.78 is 18.5. The van der Waals surface area contributed by atoms with Crippen molar-refractivity contribution in [1.82, 2.24) is 4.98 Å². The summed E-state index contributed by atoms with van der Waals surface area (Å²) in [6.45, 7) is 0. The number of nitrogens with zero attached hydrogens (tertiary/aromatic N) is 2. The van der Waals surface area contributed by atoms with Crippen LogP contribution in [0.25, 0.3) is 0 Å². The highest BCUT2D eigenvalue weighted by Gasteiger charge is 2.19. The molecule has 2 rings (SSSR count). The first-order chi connectivity index (χ1) is 8.97. The van der Waals surface area contributed by atoms with Crippen molar-refractivity contribution in [3.63, 3.8) is 0 Å². The molecule has 8 heteroatoms. The molecule has 19 heavy (non-hydrogen) atoms. The van der Waals surface area contributed by atoms with Crippen LogP contribution in [0.5, 0.6) is 11.6 Å². The van der Waals surface area contributed by atoms with Gasteiger partial charge >= 0.3 is 5.69 Å². The molecule has 0 fully saturated rings. The van der Waals surface area contributed by atoms with E-state index in [9.17, 15) is 14.5 Å². The van der Waals surface area contributed by atoms with Gasteiger partial charge in [-0.25, -0.2) is 9.37 Å². The SMILES string of the molecule is O=[N+]([O-])c1cc(Cl)cnc1Oc1ccc(F)cc1Br. The predicted octanol–water partition coefficient (Wildman–Crippen LogP) is 4.34. The summed E-state index contributed by atoms with van der Waals surface area (Å²) in [5, 5.41) is 11.0. The number of halogens is 3. The van der Waals surface area contributed by atoms with Gasteiger partial charge in [0.25, 0.3) is 5.88 Å². The third-order valence-corrected chi connectivity index (χ3v) is 2.92. The van der Waals surface area contributed by atoms with E-state index in [0.717, 1.165) is 6.07 Å². The van der Waals surface area contributed by atoms with Crippen LogP contribution in [0.3, 0.4) is 0 Å². The minimum Gasteiger partial charge on any atom is -0.432 e. The highest BCUT2D eigenvalue weighted by atomic mass is 79.9. The lowest BCUT2D eigenvalue weighted by atomic mass is 10.3. The van der Waals surface area contributed by atoms with Crippen molar-refractivity contribution in [3.8, 4) is 11.6 Å². The summed E-state index contributed by atoms with van der Waals surface area (Å²) in [4.78, 5) is 13.9. The number of ether oxygens (including phenoxy) is 1. The lowest BCUT2D eigenvalue weighted by Crippen LogP contribution is -1.96. The van der Waals surface area contributed by atoms with E-state index < -0.39 is 10.7 Å². The number of hydrogen-bond acceptors (Lipinski definition) is 4. The van der Waals surface area contributed by atoms with Crippen LogP contribution >= 0.6 is 27.5 Å². The summed E-state index contributed by atoms with van der Waals surface area (Å²) in [5.41, 5.74) is -0.372. The van der Waals surface area contributed by atoms with Gasteiger partial charge in [0.05, 0.1) is 20.6 Å². The standard InChI is InChI=1S/C11H5BrClFN2O3/c12-8-4-7(14)1-2-10(8)19-11-9(16(17)18)3-6(13)5-15-11/h1-5H. The fraction of sp³-hybridized carbons (Fsp3) is 0. The second kappa shape index (κ2) is 5.50. The zero-order valence-corrected chi connectivity index (χ0v) is 11.5. The van der Waals surface area contributed by atoms with Gasteiger partial charge in [-0.3, -0.25) is 10.1 Å². The number of nitro groups is 1. The molecule has 0 spiro atoms. The van der Waals surface area contributed by atoms with E-state index in [4.69, 9.17) is 16.3 Å². The number of benzene rings is 1. The lowest BCUT2D eigenvalue weighted by molar-refractivity contribution is -0.386. The molecule has 98 valence electrons. The minimum atomic E-state index is -0.661. The van der Waals surface area contributed by atoms with Crippen molar-refractivity contribution in [2.45, 2.75) is 0 Å². The van der Waals surface area contributed by atoms with Gasteiger partial charge in [-0.15, -0.1) is 0 Å². The molecule has 1 heterocycles. The van der Waals surface area contributed by atoms with Crippen LogP contribution in [0, 0.1) is 15.9 Å². The van der Waals surface area contributed by atoms with Crippen LogP contribution in [0.2, 0.25) is 5.02 Å². The molecular weight excluding hydrogens is 342 g/mol. The van der Waals surface area contributed by atoms with E-state index >= 15 is 0 Å². The van der Waals surface area contributed by atoms with Crippen molar-refractivity contribution in [2.24, 2.45) is 0 Å². The smallest absolute Gasteiger partial charge is 0.332 e. The summed E-state index contributed by atoms with van der Waals surface area (Å²) in [7, 11) is 0. The van der Waals surface area contributed by atoms with Gasteiger partial charge in [0.1, 0.15) is 11.6 Å². The Kier molecular flexibility index (Phi) is 3.96. The van der Waals surface area contributed by atoms with Crippen LogP contribution in [0.15, 0.2) is 34.9 Å². The second-order valence-electron chi connectivity index (χ2n) is 3.41. The molecule has 0 N–H and O–H groups in total. The van der Waals surface area contributed by atoms with Gasteiger partial charge in [-0.05, 0) is 34.1 Å². The van der Waals surface area contributed by atoms with E-state index in [1.54, 1.807) is 0 Å². The molecule has 0 atom stereocenters. The van der Waals surface area contributed by atoms with Crippen LogP contribution < -0.4 is 4.74 Å². The molecule has 1 aromatic carbocycles. The summed E-state index contributed by atoms with van der Waals surface area (Å²) in [6.07, 6.45) is 1.22. The summed E-state index contributed by atoms with van der Waals surface area (Å²) in [6, 6.07) is 4.81. The van der Waals surface area contributed by atoms with Gasteiger partial charge < -0.3 is 4.74 Å². The largest absolute Gasteiger partial charge is 0.432 e. The molecule has 5 nitrogen and oxygen atoms in total. The van der Waals surface area contributed by atoms with Crippen molar-refractivity contribution >= 4 is 33.2 Å². The van der Waals surface area contributed by atoms with Gasteiger partial charge in [-0.2, -0.15) is 0 Å². The average Bonchev–Trinajstić information content (AvgIpc) is 2.34. The molecule has 0 saturated carbocycles. The Bertz CT molecular complexity index is 654. The fourth-order valence-electron chi connectivity index (χ4n) is 1.29. The maximum absolute atomic E-state index is 12.9. The van der Waals surface area contributed by atoms with Gasteiger partial charge in [0.2, 0.25) is 0 Å². The maximum Gasteiger partial charge on any atom is 0.332 e. The highest BCUT2D eigenvalue weighted by molar-refractivity contribution is 9.10. The molecule has 0 unspecified atom stereocenters. The number of aromatic nitrogens is 1. The van der Waals surface area contributed by atoms with E-state index in [2.05, 4.69) is 20.9 Å². The fourth-order valence-corrected chi connectivity index (χ4v) is 1.87. The van der Waals surface area contributed by atoms with E-state index in [1.807, 2.05) is 0 Å². The van der Waals surface area contributed by atoms with Crippen molar-refractivity contribution in [1.29, 1.82) is 0 Å². The molecule has 0 aliphatic heterocycles. The Morgan fingerprint density at radius 3 is 2.79 bits per heavy atom. The Labute approximate surface area is 120 Å². The zero-order chi connectivity index (χ0) is 14.0. The molecule has 0 radical (unpaired) electrons. The highest BCUT2D eigenvalue weighted by Crippen LogP contribution is 2.34. The predicted molar refractivity (Wildman–Crippen MR) is 70.1 cm³/mol.